The second-order valence-corrected chi connectivity index (χ2v) is 3.96. The Bertz CT molecular complexity index is 340. The van der Waals surface area contributed by atoms with Crippen molar-refractivity contribution in [1.82, 2.24) is 9.78 Å². The van der Waals surface area contributed by atoms with Crippen molar-refractivity contribution in [3.05, 3.63) is 11.3 Å². The normalized spacial score (nSPS) is 17.1. The molecule has 1 aliphatic heterocycles. The van der Waals surface area contributed by atoms with Crippen molar-refractivity contribution in [3.8, 4) is 0 Å². The number of anilines is 1. The van der Waals surface area contributed by atoms with Crippen LogP contribution in [0, 0.1) is 6.92 Å². The molecule has 0 unspecified atom stereocenters. The quantitative estimate of drug-likeness (QED) is 0.731. The van der Waals surface area contributed by atoms with Gasteiger partial charge in [0.25, 0.3) is 0 Å². The van der Waals surface area contributed by atoms with Gasteiger partial charge < -0.3 is 9.64 Å². The van der Waals surface area contributed by atoms with Crippen LogP contribution in [0.15, 0.2) is 0 Å². The van der Waals surface area contributed by atoms with E-state index in [1.165, 1.54) is 11.4 Å². The molecule has 1 aromatic heterocycles. The molecule has 1 aromatic rings. The second kappa shape index (κ2) is 4.23. The molecule has 1 fully saturated rings. The molecular weight excluding hydrogens is 190 g/mol. The molecule has 2 rings (SSSR count). The summed E-state index contributed by atoms with van der Waals surface area (Å²) >= 11 is 0. The van der Waals surface area contributed by atoms with Crippen molar-refractivity contribution in [1.29, 1.82) is 0 Å². The number of morpholine rings is 1. The zero-order chi connectivity index (χ0) is 10.8. The molecule has 84 valence electrons. The van der Waals surface area contributed by atoms with Crippen molar-refractivity contribution in [3.63, 3.8) is 0 Å². The molecule has 0 aromatic carbocycles. The topological polar surface area (TPSA) is 30.3 Å². The van der Waals surface area contributed by atoms with Crippen LogP contribution in [0.5, 0.6) is 0 Å². The van der Waals surface area contributed by atoms with Gasteiger partial charge in [-0.15, -0.1) is 0 Å². The molecule has 0 amide bonds. The summed E-state index contributed by atoms with van der Waals surface area (Å²) in [7, 11) is 2.02. The summed E-state index contributed by atoms with van der Waals surface area (Å²) < 4.78 is 7.37. The van der Waals surface area contributed by atoms with Crippen LogP contribution in [-0.4, -0.2) is 36.1 Å². The number of ether oxygens (including phenoxy) is 1. The Labute approximate surface area is 90.8 Å². The van der Waals surface area contributed by atoms with Gasteiger partial charge in [-0.3, -0.25) is 4.68 Å². The maximum absolute atomic E-state index is 5.37. The fraction of sp³-hybridized carbons (Fsp3) is 0.727. The molecule has 4 heteroatoms. The highest BCUT2D eigenvalue weighted by atomic mass is 16.5. The number of hydrogen-bond acceptors (Lipinski definition) is 3. The zero-order valence-electron chi connectivity index (χ0n) is 9.79. The molecule has 0 spiro atoms. The summed E-state index contributed by atoms with van der Waals surface area (Å²) in [5.41, 5.74) is 2.53. The molecule has 0 bridgehead atoms. The fourth-order valence-electron chi connectivity index (χ4n) is 2.27. The predicted octanol–water partition coefficient (Wildman–Crippen LogP) is 1.13. The van der Waals surface area contributed by atoms with Gasteiger partial charge in [-0.25, -0.2) is 0 Å². The van der Waals surface area contributed by atoms with Crippen LogP contribution in [0.4, 0.5) is 5.82 Å². The number of rotatable bonds is 2. The third kappa shape index (κ3) is 1.86. The van der Waals surface area contributed by atoms with E-state index >= 15 is 0 Å². The Morgan fingerprint density at radius 3 is 2.60 bits per heavy atom. The smallest absolute Gasteiger partial charge is 0.130 e. The Hall–Kier alpha value is -1.03. The third-order valence-corrected chi connectivity index (χ3v) is 2.98. The highest BCUT2D eigenvalue weighted by molar-refractivity contribution is 5.50. The average Bonchev–Trinajstić information content (AvgIpc) is 2.54. The van der Waals surface area contributed by atoms with E-state index in [0.717, 1.165) is 38.4 Å². The molecule has 0 saturated carbocycles. The lowest BCUT2D eigenvalue weighted by Gasteiger charge is -2.29. The molecule has 1 saturated heterocycles. The van der Waals surface area contributed by atoms with E-state index < -0.39 is 0 Å². The molecule has 4 nitrogen and oxygen atoms in total. The molecule has 15 heavy (non-hydrogen) atoms. The van der Waals surface area contributed by atoms with Crippen LogP contribution in [0.3, 0.4) is 0 Å². The number of aryl methyl sites for hydroxylation is 2. The minimum Gasteiger partial charge on any atom is -0.378 e. The van der Waals surface area contributed by atoms with Crippen LogP contribution in [0.2, 0.25) is 0 Å². The lowest BCUT2D eigenvalue weighted by atomic mass is 10.2. The molecular formula is C11H19N3O. The Morgan fingerprint density at radius 2 is 2.00 bits per heavy atom. The van der Waals surface area contributed by atoms with Gasteiger partial charge in [0.15, 0.2) is 0 Å². The van der Waals surface area contributed by atoms with Crippen LogP contribution in [0.25, 0.3) is 0 Å². The number of aromatic nitrogens is 2. The van der Waals surface area contributed by atoms with Gasteiger partial charge in [-0.1, -0.05) is 6.92 Å². The maximum atomic E-state index is 5.37. The Morgan fingerprint density at radius 1 is 1.33 bits per heavy atom. The van der Waals surface area contributed by atoms with E-state index in [1.807, 2.05) is 11.7 Å². The molecule has 0 N–H and O–H groups in total. The monoisotopic (exact) mass is 209 g/mol. The summed E-state index contributed by atoms with van der Waals surface area (Å²) in [6, 6.07) is 0. The van der Waals surface area contributed by atoms with E-state index in [4.69, 9.17) is 4.74 Å². The summed E-state index contributed by atoms with van der Waals surface area (Å²) in [6.45, 7) is 7.88. The van der Waals surface area contributed by atoms with Gasteiger partial charge in [0.1, 0.15) is 5.82 Å². The minimum atomic E-state index is 0.827. The van der Waals surface area contributed by atoms with Gasteiger partial charge in [0.05, 0.1) is 18.9 Å². The van der Waals surface area contributed by atoms with Crippen molar-refractivity contribution in [2.45, 2.75) is 20.3 Å². The first-order valence-corrected chi connectivity index (χ1v) is 5.59. The van der Waals surface area contributed by atoms with Gasteiger partial charge in [-0.05, 0) is 13.3 Å². The summed E-state index contributed by atoms with van der Waals surface area (Å²) in [4.78, 5) is 2.38. The van der Waals surface area contributed by atoms with E-state index in [2.05, 4.69) is 23.8 Å². The standard InChI is InChI=1S/C11H19N3O/c1-4-10-9(2)12-13(3)11(10)14-5-7-15-8-6-14/h4-8H2,1-3H3. The molecule has 1 aliphatic rings. The zero-order valence-corrected chi connectivity index (χ0v) is 9.79. The number of hydrogen-bond donors (Lipinski definition) is 0. The van der Waals surface area contributed by atoms with E-state index in [-0.39, 0.29) is 0 Å². The fourth-order valence-corrected chi connectivity index (χ4v) is 2.27. The largest absolute Gasteiger partial charge is 0.378 e. The summed E-state index contributed by atoms with van der Waals surface area (Å²) in [6.07, 6.45) is 1.05. The van der Waals surface area contributed by atoms with E-state index in [0.29, 0.717) is 0 Å². The SMILES string of the molecule is CCc1c(C)nn(C)c1N1CCOCC1. The predicted molar refractivity (Wildman–Crippen MR) is 60.4 cm³/mol. The van der Waals surface area contributed by atoms with Gasteiger partial charge in [0.2, 0.25) is 0 Å². The third-order valence-electron chi connectivity index (χ3n) is 2.98. The summed E-state index contributed by atoms with van der Waals surface area (Å²) in [5, 5.41) is 4.49. The van der Waals surface area contributed by atoms with Crippen LogP contribution < -0.4 is 4.90 Å². The molecule has 2 heterocycles. The Kier molecular flexibility index (Phi) is 2.95. The van der Waals surface area contributed by atoms with Crippen LogP contribution >= 0.6 is 0 Å². The van der Waals surface area contributed by atoms with Crippen LogP contribution in [-0.2, 0) is 18.2 Å². The highest BCUT2D eigenvalue weighted by Crippen LogP contribution is 2.24. The van der Waals surface area contributed by atoms with Crippen molar-refractivity contribution >= 4 is 5.82 Å². The first kappa shape index (κ1) is 10.5. The molecule has 0 radical (unpaired) electrons. The minimum absolute atomic E-state index is 0.827. The summed E-state index contributed by atoms with van der Waals surface area (Å²) in [5.74, 6) is 1.28. The maximum Gasteiger partial charge on any atom is 0.130 e. The van der Waals surface area contributed by atoms with Gasteiger partial charge >= 0.3 is 0 Å². The lowest BCUT2D eigenvalue weighted by molar-refractivity contribution is 0.122. The van der Waals surface area contributed by atoms with Crippen molar-refractivity contribution in [2.75, 3.05) is 31.2 Å². The lowest BCUT2D eigenvalue weighted by Crippen LogP contribution is -2.37. The van der Waals surface area contributed by atoms with Crippen molar-refractivity contribution in [2.24, 2.45) is 7.05 Å². The first-order valence-electron chi connectivity index (χ1n) is 5.59. The van der Waals surface area contributed by atoms with Gasteiger partial charge in [0, 0.05) is 25.7 Å². The van der Waals surface area contributed by atoms with Crippen molar-refractivity contribution < 1.29 is 4.74 Å². The second-order valence-electron chi connectivity index (χ2n) is 3.96. The van der Waals surface area contributed by atoms with Crippen LogP contribution in [0.1, 0.15) is 18.2 Å². The molecule has 0 aliphatic carbocycles. The average molecular weight is 209 g/mol. The molecule has 0 atom stereocenters. The van der Waals surface area contributed by atoms with E-state index in [1.54, 1.807) is 0 Å². The van der Waals surface area contributed by atoms with Gasteiger partial charge in [-0.2, -0.15) is 5.10 Å². The number of nitrogens with zero attached hydrogens (tertiary/aromatic N) is 3. The highest BCUT2D eigenvalue weighted by Gasteiger charge is 2.19. The first-order chi connectivity index (χ1) is 7.24. The van der Waals surface area contributed by atoms with E-state index in [9.17, 15) is 0 Å². The Balaban J connectivity index is 2.32.